The van der Waals surface area contributed by atoms with E-state index in [1.165, 1.54) is 17.0 Å². The summed E-state index contributed by atoms with van der Waals surface area (Å²) in [4.78, 5) is 38.2. The molecule has 1 heterocycles. The first-order chi connectivity index (χ1) is 11.0. The van der Waals surface area contributed by atoms with E-state index in [0.717, 1.165) is 12.8 Å². The Bertz CT molecular complexity index is 773. The third-order valence-electron chi connectivity index (χ3n) is 6.20. The van der Waals surface area contributed by atoms with Crippen LogP contribution in [-0.2, 0) is 9.59 Å². The van der Waals surface area contributed by atoms with Gasteiger partial charge in [0.2, 0.25) is 11.8 Å². The molecule has 2 saturated carbocycles. The molecule has 5 nitrogen and oxygen atoms in total. The summed E-state index contributed by atoms with van der Waals surface area (Å²) in [6.45, 7) is 0. The number of nitrogens with zero attached hydrogens (tertiary/aromatic N) is 1. The lowest BCUT2D eigenvalue weighted by Crippen LogP contribution is -2.34. The molecule has 4 atom stereocenters. The molecule has 3 fully saturated rings. The number of carbonyl (C=O) groups excluding carboxylic acids is 2. The third-order valence-corrected chi connectivity index (χ3v) is 6.20. The van der Waals surface area contributed by atoms with Gasteiger partial charge in [-0.3, -0.25) is 9.59 Å². The maximum atomic E-state index is 12.9. The van der Waals surface area contributed by atoms with Gasteiger partial charge in [0.1, 0.15) is 0 Å². The smallest absolute Gasteiger partial charge is 0.335 e. The van der Waals surface area contributed by atoms with Gasteiger partial charge in [-0.25, -0.2) is 9.69 Å². The number of benzene rings is 1. The van der Waals surface area contributed by atoms with Crippen LogP contribution in [0.2, 0.25) is 0 Å². The number of aromatic carboxylic acids is 1. The number of allylic oxidation sites excluding steroid dienone is 2. The van der Waals surface area contributed by atoms with Crippen molar-refractivity contribution >= 4 is 23.5 Å². The quantitative estimate of drug-likeness (QED) is 0.670. The normalized spacial score (nSPS) is 35.2. The van der Waals surface area contributed by atoms with Crippen LogP contribution in [0.25, 0.3) is 0 Å². The van der Waals surface area contributed by atoms with Crippen LogP contribution in [0.1, 0.15) is 23.2 Å². The van der Waals surface area contributed by atoms with Crippen molar-refractivity contribution in [3.05, 3.63) is 42.0 Å². The maximum absolute atomic E-state index is 12.9. The predicted molar refractivity (Wildman–Crippen MR) is 80.7 cm³/mol. The average molecular weight is 309 g/mol. The molecule has 2 amide bonds. The molecule has 5 heteroatoms. The summed E-state index contributed by atoms with van der Waals surface area (Å²) in [5.74, 6) is -1.54. The molecular formula is C18H15NO4. The van der Waals surface area contributed by atoms with Crippen molar-refractivity contribution in [3.8, 4) is 0 Å². The molecule has 1 spiro atoms. The van der Waals surface area contributed by atoms with Crippen molar-refractivity contribution in [2.45, 2.75) is 12.8 Å². The fraction of sp³-hybridized carbons (Fsp3) is 0.389. The minimum atomic E-state index is -1.06. The number of carbonyl (C=O) groups is 3. The van der Waals surface area contributed by atoms with Crippen molar-refractivity contribution in [3.63, 3.8) is 0 Å². The number of carboxylic acids is 1. The van der Waals surface area contributed by atoms with E-state index in [2.05, 4.69) is 12.2 Å². The first-order valence-electron chi connectivity index (χ1n) is 7.94. The largest absolute Gasteiger partial charge is 0.478 e. The van der Waals surface area contributed by atoms with Gasteiger partial charge in [-0.2, -0.15) is 0 Å². The van der Waals surface area contributed by atoms with Gasteiger partial charge in [-0.05, 0) is 48.3 Å². The molecule has 1 saturated heterocycles. The number of hydrogen-bond acceptors (Lipinski definition) is 3. The van der Waals surface area contributed by atoms with Gasteiger partial charge in [-0.15, -0.1) is 0 Å². The predicted octanol–water partition coefficient (Wildman–Crippen LogP) is 2.09. The molecule has 1 aliphatic heterocycles. The van der Waals surface area contributed by atoms with Gasteiger partial charge in [0, 0.05) is 0 Å². The van der Waals surface area contributed by atoms with Gasteiger partial charge in [-0.1, -0.05) is 18.2 Å². The lowest BCUT2D eigenvalue weighted by molar-refractivity contribution is -0.123. The summed E-state index contributed by atoms with van der Waals surface area (Å²) in [6.07, 6.45) is 6.47. The van der Waals surface area contributed by atoms with Crippen LogP contribution in [0, 0.1) is 29.1 Å². The van der Waals surface area contributed by atoms with Gasteiger partial charge >= 0.3 is 5.97 Å². The molecule has 1 aromatic carbocycles. The standard InChI is InChI=1S/C18H15NO4/c20-15-13-11-4-5-12(18(11)6-7-18)14(13)16(21)19(15)10-3-1-2-9(8-10)17(22)23/h1-5,8,11-14H,6-7H2,(H,22,23)/t11-,12+,13-,14+. The molecule has 116 valence electrons. The number of imide groups is 1. The molecular weight excluding hydrogens is 294 g/mol. The first kappa shape index (κ1) is 13.0. The zero-order chi connectivity index (χ0) is 15.9. The average Bonchev–Trinajstić information content (AvgIpc) is 3.13. The molecule has 0 aromatic heterocycles. The van der Waals surface area contributed by atoms with E-state index < -0.39 is 5.97 Å². The Balaban J connectivity index is 1.56. The molecule has 23 heavy (non-hydrogen) atoms. The van der Waals surface area contributed by atoms with Crippen molar-refractivity contribution < 1.29 is 19.5 Å². The molecule has 1 aromatic rings. The van der Waals surface area contributed by atoms with E-state index in [1.54, 1.807) is 12.1 Å². The SMILES string of the molecule is O=C(O)c1cccc(N2C(=O)[C@@H]3[C@H](C2=O)[C@H]2C=C[C@@H]3C23CC3)c1. The second-order valence-corrected chi connectivity index (χ2v) is 7.09. The molecule has 1 N–H and O–H groups in total. The molecule has 5 rings (SSSR count). The zero-order valence-electron chi connectivity index (χ0n) is 12.3. The Hall–Kier alpha value is -2.43. The topological polar surface area (TPSA) is 74.7 Å². The van der Waals surface area contributed by atoms with Gasteiger partial charge < -0.3 is 5.11 Å². The fourth-order valence-corrected chi connectivity index (χ4v) is 5.11. The Labute approximate surface area is 132 Å². The van der Waals surface area contributed by atoms with Crippen molar-refractivity contribution in [1.29, 1.82) is 0 Å². The lowest BCUT2D eigenvalue weighted by atomic mass is 9.85. The number of amides is 2. The number of fused-ring (bicyclic) bond motifs is 3. The highest BCUT2D eigenvalue weighted by atomic mass is 16.4. The molecule has 3 aliphatic carbocycles. The van der Waals surface area contributed by atoms with Crippen LogP contribution < -0.4 is 4.90 Å². The Kier molecular flexibility index (Phi) is 2.22. The summed E-state index contributed by atoms with van der Waals surface area (Å²) in [5.41, 5.74) is 0.633. The fourth-order valence-electron chi connectivity index (χ4n) is 5.11. The van der Waals surface area contributed by atoms with Crippen molar-refractivity contribution in [1.82, 2.24) is 0 Å². The zero-order valence-corrected chi connectivity index (χ0v) is 12.3. The number of carboxylic acid groups (broad SMARTS) is 1. The monoisotopic (exact) mass is 309 g/mol. The van der Waals surface area contributed by atoms with Crippen molar-refractivity contribution in [2.75, 3.05) is 4.90 Å². The summed E-state index contributed by atoms with van der Waals surface area (Å²) in [6, 6.07) is 6.07. The second kappa shape index (κ2) is 3.91. The highest BCUT2D eigenvalue weighted by Gasteiger charge is 2.73. The number of anilines is 1. The Morgan fingerprint density at radius 2 is 1.70 bits per heavy atom. The summed E-state index contributed by atoms with van der Waals surface area (Å²) in [7, 11) is 0. The minimum Gasteiger partial charge on any atom is -0.478 e. The van der Waals surface area contributed by atoms with Gasteiger partial charge in [0.15, 0.2) is 0 Å². The van der Waals surface area contributed by atoms with E-state index in [-0.39, 0.29) is 46.5 Å². The van der Waals surface area contributed by atoms with Crippen molar-refractivity contribution in [2.24, 2.45) is 29.1 Å². The van der Waals surface area contributed by atoms with Crippen LogP contribution >= 0.6 is 0 Å². The highest BCUT2D eigenvalue weighted by Crippen LogP contribution is 2.73. The summed E-state index contributed by atoms with van der Waals surface area (Å²) in [5, 5.41) is 9.12. The minimum absolute atomic E-state index is 0.0833. The number of hydrogen-bond donors (Lipinski definition) is 1. The molecule has 0 unspecified atom stereocenters. The van der Waals surface area contributed by atoms with E-state index in [1.807, 2.05) is 0 Å². The van der Waals surface area contributed by atoms with Crippen LogP contribution in [0.5, 0.6) is 0 Å². The maximum Gasteiger partial charge on any atom is 0.335 e. The Morgan fingerprint density at radius 3 is 2.22 bits per heavy atom. The molecule has 2 bridgehead atoms. The van der Waals surface area contributed by atoms with Gasteiger partial charge in [0.05, 0.1) is 23.1 Å². The second-order valence-electron chi connectivity index (χ2n) is 7.09. The first-order valence-corrected chi connectivity index (χ1v) is 7.94. The van der Waals surface area contributed by atoms with Gasteiger partial charge in [0.25, 0.3) is 0 Å². The molecule has 4 aliphatic rings. The van der Waals surface area contributed by atoms with E-state index >= 15 is 0 Å². The highest BCUT2D eigenvalue weighted by molar-refractivity contribution is 6.23. The lowest BCUT2D eigenvalue weighted by Gasteiger charge is -2.21. The van der Waals surface area contributed by atoms with Crippen LogP contribution in [0.4, 0.5) is 5.69 Å². The third kappa shape index (κ3) is 1.41. The summed E-state index contributed by atoms with van der Waals surface area (Å²) >= 11 is 0. The van der Waals surface area contributed by atoms with E-state index in [0.29, 0.717) is 5.69 Å². The van der Waals surface area contributed by atoms with E-state index in [9.17, 15) is 14.4 Å². The van der Waals surface area contributed by atoms with Crippen LogP contribution in [0.15, 0.2) is 36.4 Å². The van der Waals surface area contributed by atoms with Crippen LogP contribution in [-0.4, -0.2) is 22.9 Å². The van der Waals surface area contributed by atoms with Crippen LogP contribution in [0.3, 0.4) is 0 Å². The summed E-state index contributed by atoms with van der Waals surface area (Å²) < 4.78 is 0. The Morgan fingerprint density at radius 1 is 1.09 bits per heavy atom. The number of rotatable bonds is 2. The van der Waals surface area contributed by atoms with E-state index in [4.69, 9.17) is 5.11 Å². The molecule has 0 radical (unpaired) electrons.